The second-order valence-electron chi connectivity index (χ2n) is 6.87. The van der Waals surface area contributed by atoms with Crippen LogP contribution in [0.4, 0.5) is 0 Å². The fourth-order valence-electron chi connectivity index (χ4n) is 3.80. The lowest BCUT2D eigenvalue weighted by Gasteiger charge is -2.33. The number of aromatic amines is 1. The number of imidazole rings is 1. The molecule has 0 bridgehead atoms. The number of aromatic nitrogens is 4. The summed E-state index contributed by atoms with van der Waals surface area (Å²) < 4.78 is 2.02. The molecule has 0 aliphatic carbocycles. The Bertz CT molecular complexity index is 867. The number of aryl methyl sites for hydroxylation is 1. The third-order valence-corrected chi connectivity index (χ3v) is 5.08. The Labute approximate surface area is 146 Å². The minimum atomic E-state index is 0.181. The monoisotopic (exact) mass is 337 g/mol. The van der Waals surface area contributed by atoms with Crippen LogP contribution in [0, 0.1) is 12.8 Å². The quantitative estimate of drug-likeness (QED) is 0.795. The highest BCUT2D eigenvalue weighted by Gasteiger charge is 2.25. The van der Waals surface area contributed by atoms with E-state index >= 15 is 0 Å². The number of carbonyl (C=O) groups excluding carboxylic acids is 1. The zero-order valence-electron chi connectivity index (χ0n) is 14.5. The topological polar surface area (TPSA) is 66.8 Å². The van der Waals surface area contributed by atoms with Crippen molar-refractivity contribution in [3.8, 4) is 0 Å². The van der Waals surface area contributed by atoms with Crippen LogP contribution in [-0.4, -0.2) is 43.6 Å². The molecule has 1 aliphatic heterocycles. The first-order chi connectivity index (χ1) is 12.2. The zero-order valence-corrected chi connectivity index (χ0v) is 14.5. The minimum Gasteiger partial charge on any atom is -0.341 e. The summed E-state index contributed by atoms with van der Waals surface area (Å²) in [7, 11) is 0. The first kappa shape index (κ1) is 15.9. The number of carbonyl (C=O) groups is 1. The summed E-state index contributed by atoms with van der Waals surface area (Å²) in [5.74, 6) is 1.57. The average molecular weight is 337 g/mol. The SMILES string of the molecule is Cc1nc2ccccc2n1CC(=O)N1CCCC(Cc2ccn[nH]2)C1. The summed E-state index contributed by atoms with van der Waals surface area (Å²) in [5, 5.41) is 7.04. The molecule has 1 atom stereocenters. The molecule has 6 heteroatoms. The molecule has 1 N–H and O–H groups in total. The fourth-order valence-corrected chi connectivity index (χ4v) is 3.80. The van der Waals surface area contributed by atoms with Gasteiger partial charge in [-0.15, -0.1) is 0 Å². The van der Waals surface area contributed by atoms with Gasteiger partial charge in [-0.05, 0) is 50.3 Å². The van der Waals surface area contributed by atoms with E-state index < -0.39 is 0 Å². The number of hydrogen-bond acceptors (Lipinski definition) is 3. The molecule has 25 heavy (non-hydrogen) atoms. The van der Waals surface area contributed by atoms with Crippen LogP contribution in [0.25, 0.3) is 11.0 Å². The Morgan fingerprint density at radius 1 is 1.32 bits per heavy atom. The Morgan fingerprint density at radius 3 is 3.04 bits per heavy atom. The smallest absolute Gasteiger partial charge is 0.242 e. The van der Waals surface area contributed by atoms with E-state index in [4.69, 9.17) is 0 Å². The van der Waals surface area contributed by atoms with E-state index in [9.17, 15) is 4.79 Å². The highest BCUT2D eigenvalue weighted by molar-refractivity contribution is 5.81. The van der Waals surface area contributed by atoms with Crippen molar-refractivity contribution in [3.63, 3.8) is 0 Å². The van der Waals surface area contributed by atoms with Crippen molar-refractivity contribution in [2.45, 2.75) is 32.7 Å². The van der Waals surface area contributed by atoms with E-state index in [0.717, 1.165) is 54.9 Å². The van der Waals surface area contributed by atoms with Gasteiger partial charge in [-0.1, -0.05) is 12.1 Å². The number of benzene rings is 1. The van der Waals surface area contributed by atoms with E-state index in [1.165, 1.54) is 0 Å². The van der Waals surface area contributed by atoms with Crippen LogP contribution in [0.2, 0.25) is 0 Å². The van der Waals surface area contributed by atoms with E-state index in [1.54, 1.807) is 6.20 Å². The summed E-state index contributed by atoms with van der Waals surface area (Å²) in [6.45, 7) is 4.00. The Balaban J connectivity index is 1.46. The maximum atomic E-state index is 12.9. The van der Waals surface area contributed by atoms with E-state index in [1.807, 2.05) is 46.7 Å². The predicted octanol–water partition coefficient (Wildman–Crippen LogP) is 2.55. The highest BCUT2D eigenvalue weighted by Crippen LogP contribution is 2.21. The van der Waals surface area contributed by atoms with Gasteiger partial charge >= 0.3 is 0 Å². The molecule has 0 spiro atoms. The number of H-pyrrole nitrogens is 1. The van der Waals surface area contributed by atoms with Gasteiger partial charge in [0.25, 0.3) is 0 Å². The van der Waals surface area contributed by atoms with Gasteiger partial charge in [-0.2, -0.15) is 5.10 Å². The number of piperidine rings is 1. The van der Waals surface area contributed by atoms with Crippen molar-refractivity contribution >= 4 is 16.9 Å². The molecular formula is C19H23N5O. The van der Waals surface area contributed by atoms with Gasteiger partial charge in [-0.25, -0.2) is 4.98 Å². The fraction of sp³-hybridized carbons (Fsp3) is 0.421. The van der Waals surface area contributed by atoms with Gasteiger partial charge < -0.3 is 9.47 Å². The normalized spacial score (nSPS) is 18.0. The Kier molecular flexibility index (Phi) is 4.26. The second kappa shape index (κ2) is 6.70. The zero-order chi connectivity index (χ0) is 17.2. The number of amides is 1. The number of nitrogens with one attached hydrogen (secondary N) is 1. The van der Waals surface area contributed by atoms with Gasteiger partial charge in [0.15, 0.2) is 0 Å². The number of fused-ring (bicyclic) bond motifs is 1. The number of hydrogen-bond donors (Lipinski definition) is 1. The number of nitrogens with zero attached hydrogens (tertiary/aromatic N) is 4. The molecule has 4 rings (SSSR count). The maximum Gasteiger partial charge on any atom is 0.242 e. The highest BCUT2D eigenvalue weighted by atomic mass is 16.2. The largest absolute Gasteiger partial charge is 0.341 e. The first-order valence-electron chi connectivity index (χ1n) is 8.88. The number of likely N-dealkylation sites (tertiary alicyclic amines) is 1. The molecule has 2 aromatic heterocycles. The van der Waals surface area contributed by atoms with Crippen LogP contribution in [0.1, 0.15) is 24.4 Å². The van der Waals surface area contributed by atoms with Crippen molar-refractivity contribution < 1.29 is 4.79 Å². The molecule has 1 saturated heterocycles. The van der Waals surface area contributed by atoms with E-state index in [2.05, 4.69) is 15.2 Å². The van der Waals surface area contributed by atoms with Gasteiger partial charge in [0.1, 0.15) is 12.4 Å². The molecule has 6 nitrogen and oxygen atoms in total. The molecule has 1 amide bonds. The van der Waals surface area contributed by atoms with Gasteiger partial charge in [0.05, 0.1) is 11.0 Å². The van der Waals surface area contributed by atoms with Gasteiger partial charge in [-0.3, -0.25) is 9.89 Å². The Morgan fingerprint density at radius 2 is 2.20 bits per heavy atom. The first-order valence-corrected chi connectivity index (χ1v) is 8.88. The molecule has 1 unspecified atom stereocenters. The van der Waals surface area contributed by atoms with Gasteiger partial charge in [0, 0.05) is 25.0 Å². The van der Waals surface area contributed by atoms with Crippen LogP contribution >= 0.6 is 0 Å². The molecule has 1 aliphatic rings. The lowest BCUT2D eigenvalue weighted by atomic mass is 9.93. The van der Waals surface area contributed by atoms with Crippen molar-refractivity contribution in [2.24, 2.45) is 5.92 Å². The third-order valence-electron chi connectivity index (χ3n) is 5.08. The molecule has 1 aromatic carbocycles. The number of para-hydroxylation sites is 2. The number of rotatable bonds is 4. The molecular weight excluding hydrogens is 314 g/mol. The molecule has 0 radical (unpaired) electrons. The van der Waals surface area contributed by atoms with Crippen LogP contribution < -0.4 is 0 Å². The summed E-state index contributed by atoms with van der Waals surface area (Å²) >= 11 is 0. The van der Waals surface area contributed by atoms with Crippen LogP contribution in [0.15, 0.2) is 36.5 Å². The molecule has 3 aromatic rings. The van der Waals surface area contributed by atoms with Crippen molar-refractivity contribution in [1.82, 2.24) is 24.6 Å². The molecule has 1 fully saturated rings. The third kappa shape index (κ3) is 3.29. The van der Waals surface area contributed by atoms with Crippen LogP contribution in [0.5, 0.6) is 0 Å². The van der Waals surface area contributed by atoms with Crippen molar-refractivity contribution in [2.75, 3.05) is 13.1 Å². The van der Waals surface area contributed by atoms with Crippen molar-refractivity contribution in [1.29, 1.82) is 0 Å². The summed E-state index contributed by atoms with van der Waals surface area (Å²) in [4.78, 5) is 19.4. The molecule has 0 saturated carbocycles. The van der Waals surface area contributed by atoms with E-state index in [0.29, 0.717) is 12.5 Å². The van der Waals surface area contributed by atoms with Gasteiger partial charge in [0.2, 0.25) is 5.91 Å². The van der Waals surface area contributed by atoms with E-state index in [-0.39, 0.29) is 5.91 Å². The minimum absolute atomic E-state index is 0.181. The second-order valence-corrected chi connectivity index (χ2v) is 6.87. The predicted molar refractivity (Wildman–Crippen MR) is 96.1 cm³/mol. The standard InChI is InChI=1S/C19H23N5O/c1-14-21-17-6-2-3-7-18(17)24(14)13-19(25)23-10-4-5-15(12-23)11-16-8-9-20-22-16/h2-3,6-9,15H,4-5,10-13H2,1H3,(H,20,22). The average Bonchev–Trinajstić information content (AvgIpc) is 3.23. The summed E-state index contributed by atoms with van der Waals surface area (Å²) in [6, 6.07) is 10.0. The van der Waals surface area contributed by atoms with Crippen molar-refractivity contribution in [3.05, 3.63) is 48.0 Å². The summed E-state index contributed by atoms with van der Waals surface area (Å²) in [6.07, 6.45) is 4.97. The molecule has 3 heterocycles. The maximum absolute atomic E-state index is 12.9. The Hall–Kier alpha value is -2.63. The molecule has 130 valence electrons. The van der Waals surface area contributed by atoms with Crippen LogP contribution in [0.3, 0.4) is 0 Å². The summed E-state index contributed by atoms with van der Waals surface area (Å²) in [5.41, 5.74) is 3.12. The lowest BCUT2D eigenvalue weighted by molar-refractivity contribution is -0.133. The van der Waals surface area contributed by atoms with Crippen LogP contribution in [-0.2, 0) is 17.8 Å². The lowest BCUT2D eigenvalue weighted by Crippen LogP contribution is -2.42.